The van der Waals surface area contributed by atoms with Gasteiger partial charge in [0.25, 0.3) is 0 Å². The van der Waals surface area contributed by atoms with E-state index in [-0.39, 0.29) is 24.3 Å². The molecule has 0 bridgehead atoms. The highest BCUT2D eigenvalue weighted by Gasteiger charge is 2.25. The molecule has 0 aliphatic carbocycles. The normalized spacial score (nSPS) is 18.1. The highest BCUT2D eigenvalue weighted by Crippen LogP contribution is 2.29. The van der Waals surface area contributed by atoms with Crippen LogP contribution in [0.25, 0.3) is 0 Å². The lowest BCUT2D eigenvalue weighted by Gasteiger charge is -2.35. The summed E-state index contributed by atoms with van der Waals surface area (Å²) < 4.78 is 14.0. The number of rotatable bonds is 2. The van der Waals surface area contributed by atoms with Crippen molar-refractivity contribution in [2.75, 3.05) is 31.6 Å². The Morgan fingerprint density at radius 2 is 2.11 bits per heavy atom. The zero-order valence-electron chi connectivity index (χ0n) is 10.7. The molecule has 18 heavy (non-hydrogen) atoms. The molecule has 1 aromatic carbocycles. The highest BCUT2D eigenvalue weighted by atomic mass is 19.1. The average Bonchev–Trinajstić information content (AvgIpc) is 2.32. The van der Waals surface area contributed by atoms with Crippen LogP contribution in [0.2, 0.25) is 0 Å². The maximum Gasteiger partial charge on any atom is 0.241 e. The maximum absolute atomic E-state index is 14.0. The van der Waals surface area contributed by atoms with E-state index in [9.17, 15) is 9.18 Å². The van der Waals surface area contributed by atoms with E-state index in [1.165, 1.54) is 6.07 Å². The van der Waals surface area contributed by atoms with Crippen LogP contribution in [-0.4, -0.2) is 37.5 Å². The molecule has 5 heteroatoms. The monoisotopic (exact) mass is 251 g/mol. The number of anilines is 1. The number of halogens is 1. The van der Waals surface area contributed by atoms with E-state index < -0.39 is 0 Å². The first-order chi connectivity index (χ1) is 8.50. The van der Waals surface area contributed by atoms with Gasteiger partial charge in [0, 0.05) is 26.2 Å². The predicted octanol–water partition coefficient (Wildman–Crippen LogP) is 1.12. The molecule has 2 N–H and O–H groups in total. The molecular weight excluding hydrogens is 233 g/mol. The Hall–Kier alpha value is -1.62. The van der Waals surface area contributed by atoms with E-state index in [0.29, 0.717) is 18.8 Å². The molecule has 1 fully saturated rings. The van der Waals surface area contributed by atoms with E-state index in [0.717, 1.165) is 5.56 Å². The summed E-state index contributed by atoms with van der Waals surface area (Å²) in [7, 11) is 1.76. The molecule has 0 radical (unpaired) electrons. The molecule has 0 saturated carbocycles. The van der Waals surface area contributed by atoms with Gasteiger partial charge in [-0.3, -0.25) is 4.79 Å². The summed E-state index contributed by atoms with van der Waals surface area (Å²) in [5, 5.41) is 0. The van der Waals surface area contributed by atoms with Crippen molar-refractivity contribution in [3.63, 3.8) is 0 Å². The number of hydrogen-bond donors (Lipinski definition) is 1. The van der Waals surface area contributed by atoms with Crippen molar-refractivity contribution in [2.24, 2.45) is 5.73 Å². The van der Waals surface area contributed by atoms with E-state index in [1.807, 2.05) is 13.0 Å². The first-order valence-electron chi connectivity index (χ1n) is 6.03. The smallest absolute Gasteiger partial charge is 0.241 e. The summed E-state index contributed by atoms with van der Waals surface area (Å²) in [6.07, 6.45) is 0. The second-order valence-electron chi connectivity index (χ2n) is 4.70. The van der Waals surface area contributed by atoms with Gasteiger partial charge in [-0.2, -0.15) is 0 Å². The maximum atomic E-state index is 14.0. The van der Waals surface area contributed by atoms with E-state index in [4.69, 9.17) is 5.73 Å². The average molecular weight is 251 g/mol. The summed E-state index contributed by atoms with van der Waals surface area (Å²) in [6, 6.07) is 4.61. The number of hydrogen-bond acceptors (Lipinski definition) is 3. The van der Waals surface area contributed by atoms with Gasteiger partial charge in [0.05, 0.1) is 12.2 Å². The van der Waals surface area contributed by atoms with E-state index in [2.05, 4.69) is 0 Å². The minimum atomic E-state index is -0.317. The number of likely N-dealkylation sites (N-methyl/N-ethyl adjacent to an activating group) is 1. The molecule has 1 amide bonds. The molecule has 2 rings (SSSR count). The van der Waals surface area contributed by atoms with Crippen LogP contribution in [0.3, 0.4) is 0 Å². The summed E-state index contributed by atoms with van der Waals surface area (Å²) in [5.41, 5.74) is 7.07. The third-order valence-electron chi connectivity index (χ3n) is 3.28. The summed E-state index contributed by atoms with van der Waals surface area (Å²) in [6.45, 7) is 3.25. The third kappa shape index (κ3) is 2.31. The number of nitrogens with zero attached hydrogens (tertiary/aromatic N) is 2. The van der Waals surface area contributed by atoms with Crippen LogP contribution in [0.15, 0.2) is 18.2 Å². The van der Waals surface area contributed by atoms with Gasteiger partial charge < -0.3 is 15.5 Å². The number of piperazine rings is 1. The molecule has 98 valence electrons. The minimum absolute atomic E-state index is 0.000118. The largest absolute Gasteiger partial charge is 0.358 e. The Morgan fingerprint density at radius 3 is 2.72 bits per heavy atom. The molecule has 0 aromatic heterocycles. The molecular formula is C13H18FN3O. The molecule has 1 aliphatic rings. The fourth-order valence-corrected chi connectivity index (χ4v) is 2.18. The van der Waals surface area contributed by atoms with Gasteiger partial charge in [-0.15, -0.1) is 0 Å². The predicted molar refractivity (Wildman–Crippen MR) is 68.9 cm³/mol. The number of amides is 1. The van der Waals surface area contributed by atoms with Gasteiger partial charge in [0.2, 0.25) is 5.91 Å². The Kier molecular flexibility index (Phi) is 3.52. The zero-order chi connectivity index (χ0) is 13.3. The van der Waals surface area contributed by atoms with Crippen molar-refractivity contribution in [3.05, 3.63) is 29.6 Å². The fourth-order valence-electron chi connectivity index (χ4n) is 2.18. The second-order valence-corrected chi connectivity index (χ2v) is 4.70. The lowest BCUT2D eigenvalue weighted by atomic mass is 10.0. The number of carbonyl (C=O) groups is 1. The van der Waals surface area contributed by atoms with Gasteiger partial charge in [-0.05, 0) is 18.6 Å². The van der Waals surface area contributed by atoms with Crippen LogP contribution in [-0.2, 0) is 4.79 Å². The van der Waals surface area contributed by atoms with E-state index >= 15 is 0 Å². The summed E-state index contributed by atoms with van der Waals surface area (Å²) >= 11 is 0. The standard InChI is InChI=1S/C13H18FN3O/c1-9(15)10-4-3-5-11(14)13(10)17-7-6-16(2)12(18)8-17/h3-5,9H,6-8,15H2,1-2H3/t9-/m0/s1. The van der Waals surface area contributed by atoms with Crippen LogP contribution in [0.1, 0.15) is 18.5 Å². The topological polar surface area (TPSA) is 49.6 Å². The molecule has 0 unspecified atom stereocenters. The minimum Gasteiger partial charge on any atom is -0.358 e. The Labute approximate surface area is 106 Å². The first kappa shape index (κ1) is 12.8. The molecule has 0 spiro atoms. The Morgan fingerprint density at radius 1 is 1.39 bits per heavy atom. The molecule has 1 heterocycles. The van der Waals surface area contributed by atoms with Gasteiger partial charge >= 0.3 is 0 Å². The molecule has 1 aliphatic heterocycles. The summed E-state index contributed by atoms with van der Waals surface area (Å²) in [5.74, 6) is -0.317. The van der Waals surface area contributed by atoms with Crippen molar-refractivity contribution in [1.29, 1.82) is 0 Å². The number of nitrogens with two attached hydrogens (primary N) is 1. The van der Waals surface area contributed by atoms with Crippen molar-refractivity contribution in [1.82, 2.24) is 4.90 Å². The zero-order valence-corrected chi connectivity index (χ0v) is 10.7. The van der Waals surface area contributed by atoms with Crippen molar-refractivity contribution in [2.45, 2.75) is 13.0 Å². The SMILES string of the molecule is C[C@H](N)c1cccc(F)c1N1CCN(C)C(=O)C1. The molecule has 1 aromatic rings. The number of para-hydroxylation sites is 1. The summed E-state index contributed by atoms with van der Waals surface area (Å²) in [4.78, 5) is 15.1. The highest BCUT2D eigenvalue weighted by molar-refractivity contribution is 5.83. The Balaban J connectivity index is 2.36. The van der Waals surface area contributed by atoms with Crippen molar-refractivity contribution >= 4 is 11.6 Å². The third-order valence-corrected chi connectivity index (χ3v) is 3.28. The fraction of sp³-hybridized carbons (Fsp3) is 0.462. The van der Waals surface area contributed by atoms with Crippen LogP contribution in [0.5, 0.6) is 0 Å². The van der Waals surface area contributed by atoms with Crippen molar-refractivity contribution < 1.29 is 9.18 Å². The first-order valence-corrected chi connectivity index (χ1v) is 6.03. The van der Waals surface area contributed by atoms with Crippen LogP contribution < -0.4 is 10.6 Å². The van der Waals surface area contributed by atoms with Gasteiger partial charge in [-0.25, -0.2) is 4.39 Å². The molecule has 1 saturated heterocycles. The lowest BCUT2D eigenvalue weighted by Crippen LogP contribution is -2.49. The van der Waals surface area contributed by atoms with Crippen molar-refractivity contribution in [3.8, 4) is 0 Å². The quantitative estimate of drug-likeness (QED) is 0.857. The molecule has 1 atom stereocenters. The number of carbonyl (C=O) groups excluding carboxylic acids is 1. The lowest BCUT2D eigenvalue weighted by molar-refractivity contribution is -0.129. The second kappa shape index (κ2) is 4.94. The van der Waals surface area contributed by atoms with Crippen LogP contribution in [0.4, 0.5) is 10.1 Å². The molecule has 4 nitrogen and oxygen atoms in total. The van der Waals surface area contributed by atoms with Gasteiger partial charge in [-0.1, -0.05) is 12.1 Å². The Bertz CT molecular complexity index is 462. The number of benzene rings is 1. The van der Waals surface area contributed by atoms with Gasteiger partial charge in [0.15, 0.2) is 0 Å². The van der Waals surface area contributed by atoms with Gasteiger partial charge in [0.1, 0.15) is 5.82 Å². The van der Waals surface area contributed by atoms with Crippen LogP contribution >= 0.6 is 0 Å². The van der Waals surface area contributed by atoms with E-state index in [1.54, 1.807) is 22.9 Å². The van der Waals surface area contributed by atoms with Crippen LogP contribution in [0, 0.1) is 5.82 Å².